The van der Waals surface area contributed by atoms with E-state index in [9.17, 15) is 8.42 Å². The Labute approximate surface area is 144 Å². The van der Waals surface area contributed by atoms with E-state index in [1.54, 1.807) is 6.20 Å². The van der Waals surface area contributed by atoms with Crippen LogP contribution in [0.25, 0.3) is 0 Å². The molecule has 0 aliphatic carbocycles. The van der Waals surface area contributed by atoms with Crippen molar-refractivity contribution in [3.63, 3.8) is 0 Å². The average Bonchev–Trinajstić information content (AvgIpc) is 2.58. The van der Waals surface area contributed by atoms with E-state index in [-0.39, 0.29) is 11.8 Å². The lowest BCUT2D eigenvalue weighted by molar-refractivity contribution is 0.275. The first-order valence-corrected chi connectivity index (χ1v) is 9.67. The summed E-state index contributed by atoms with van der Waals surface area (Å²) >= 11 is 0. The zero-order valence-electron chi connectivity index (χ0n) is 14.4. The second-order valence-electron chi connectivity index (χ2n) is 5.92. The molecule has 24 heavy (non-hydrogen) atoms. The van der Waals surface area contributed by atoms with E-state index in [4.69, 9.17) is 0 Å². The van der Waals surface area contributed by atoms with Crippen molar-refractivity contribution in [2.75, 3.05) is 26.4 Å². The van der Waals surface area contributed by atoms with Crippen LogP contribution in [0.4, 0.5) is 0 Å². The number of hydrogen-bond donors (Lipinski definition) is 1. The molecule has 0 bridgehead atoms. The maximum Gasteiger partial charge on any atom is 0.211 e. The summed E-state index contributed by atoms with van der Waals surface area (Å²) < 4.78 is 25.5. The van der Waals surface area contributed by atoms with Crippen molar-refractivity contribution in [3.8, 4) is 0 Å². The van der Waals surface area contributed by atoms with Crippen LogP contribution in [0.5, 0.6) is 0 Å². The fraction of sp³-hybridized carbons (Fsp3) is 0.389. The summed E-state index contributed by atoms with van der Waals surface area (Å²) in [4.78, 5) is 6.65. The van der Waals surface area contributed by atoms with Gasteiger partial charge >= 0.3 is 0 Å². The van der Waals surface area contributed by atoms with Crippen LogP contribution in [0.15, 0.2) is 48.7 Å². The lowest BCUT2D eigenvalue weighted by Crippen LogP contribution is -2.30. The molecule has 1 heterocycles. The zero-order valence-corrected chi connectivity index (χ0v) is 15.3. The minimum Gasteiger partial charge on any atom is -0.294 e. The average molecular weight is 347 g/mol. The number of pyridine rings is 1. The number of aryl methyl sites for hydroxylation is 1. The molecule has 2 aromatic rings. The van der Waals surface area contributed by atoms with E-state index in [2.05, 4.69) is 45.8 Å². The molecule has 0 radical (unpaired) electrons. The van der Waals surface area contributed by atoms with Gasteiger partial charge in [0.25, 0.3) is 0 Å². The van der Waals surface area contributed by atoms with Gasteiger partial charge in [-0.1, -0.05) is 35.9 Å². The SMILES string of the molecule is CNS(=O)(=O)CCCN(C)C(c1ccc(C)cc1)c1ccccn1. The molecule has 6 heteroatoms. The van der Waals surface area contributed by atoms with Crippen LogP contribution in [0.1, 0.15) is 29.3 Å². The van der Waals surface area contributed by atoms with Gasteiger partial charge in [-0.2, -0.15) is 0 Å². The predicted molar refractivity (Wildman–Crippen MR) is 97.4 cm³/mol. The van der Waals surface area contributed by atoms with Crippen molar-refractivity contribution in [1.29, 1.82) is 0 Å². The topological polar surface area (TPSA) is 62.3 Å². The Bertz CT molecular complexity index is 731. The predicted octanol–water partition coefficient (Wildman–Crippen LogP) is 2.35. The van der Waals surface area contributed by atoms with Gasteiger partial charge in [0.2, 0.25) is 10.0 Å². The third-order valence-corrected chi connectivity index (χ3v) is 5.48. The van der Waals surface area contributed by atoms with Crippen LogP contribution in [0.3, 0.4) is 0 Å². The number of nitrogens with one attached hydrogen (secondary N) is 1. The largest absolute Gasteiger partial charge is 0.294 e. The van der Waals surface area contributed by atoms with Gasteiger partial charge in [0.1, 0.15) is 0 Å². The summed E-state index contributed by atoms with van der Waals surface area (Å²) in [5.74, 6) is 0.122. The highest BCUT2D eigenvalue weighted by atomic mass is 32.2. The molecule has 1 atom stereocenters. The fourth-order valence-corrected chi connectivity index (χ4v) is 3.39. The Balaban J connectivity index is 2.18. The number of rotatable bonds is 8. The van der Waals surface area contributed by atoms with Crippen molar-refractivity contribution >= 4 is 10.0 Å². The Morgan fingerprint density at radius 1 is 1.17 bits per heavy atom. The maximum absolute atomic E-state index is 11.6. The van der Waals surface area contributed by atoms with Crippen LogP contribution < -0.4 is 4.72 Å². The summed E-state index contributed by atoms with van der Waals surface area (Å²) in [7, 11) is 0.284. The van der Waals surface area contributed by atoms with Crippen LogP contribution in [0, 0.1) is 6.92 Å². The Kier molecular flexibility index (Phi) is 6.48. The van der Waals surface area contributed by atoms with Gasteiger partial charge in [-0.15, -0.1) is 0 Å². The first-order valence-electron chi connectivity index (χ1n) is 8.02. The Morgan fingerprint density at radius 3 is 2.46 bits per heavy atom. The summed E-state index contributed by atoms with van der Waals surface area (Å²) in [5.41, 5.74) is 3.32. The number of benzene rings is 1. The van der Waals surface area contributed by atoms with Gasteiger partial charge in [0.15, 0.2) is 0 Å². The van der Waals surface area contributed by atoms with Crippen molar-refractivity contribution in [3.05, 3.63) is 65.5 Å². The van der Waals surface area contributed by atoms with E-state index in [1.807, 2.05) is 25.2 Å². The highest BCUT2D eigenvalue weighted by Gasteiger charge is 2.20. The minimum atomic E-state index is -3.17. The van der Waals surface area contributed by atoms with Gasteiger partial charge in [0.05, 0.1) is 17.5 Å². The lowest BCUT2D eigenvalue weighted by atomic mass is 10.0. The van der Waals surface area contributed by atoms with Gasteiger partial charge in [0, 0.05) is 6.20 Å². The number of hydrogen-bond acceptors (Lipinski definition) is 4. The maximum atomic E-state index is 11.6. The quantitative estimate of drug-likeness (QED) is 0.796. The third-order valence-electron chi connectivity index (χ3n) is 4.04. The lowest BCUT2D eigenvalue weighted by Gasteiger charge is -2.28. The molecule has 2 rings (SSSR count). The van der Waals surface area contributed by atoms with Crippen molar-refractivity contribution in [2.45, 2.75) is 19.4 Å². The third kappa shape index (κ3) is 5.12. The second-order valence-corrected chi connectivity index (χ2v) is 7.97. The van der Waals surface area contributed by atoms with Crippen LogP contribution in [0.2, 0.25) is 0 Å². The highest BCUT2D eigenvalue weighted by Crippen LogP contribution is 2.26. The van der Waals surface area contributed by atoms with Crippen LogP contribution in [-0.2, 0) is 10.0 Å². The van der Waals surface area contributed by atoms with E-state index in [0.29, 0.717) is 13.0 Å². The van der Waals surface area contributed by atoms with Gasteiger partial charge in [-0.3, -0.25) is 9.88 Å². The molecule has 1 aromatic heterocycles. The molecule has 1 unspecified atom stereocenters. The second kappa shape index (κ2) is 8.37. The van der Waals surface area contributed by atoms with E-state index >= 15 is 0 Å². The molecule has 1 aromatic carbocycles. The summed E-state index contributed by atoms with van der Waals surface area (Å²) in [6.07, 6.45) is 2.35. The standard InChI is InChI=1S/C18H25N3O2S/c1-15-8-10-16(11-9-15)18(17-7-4-5-12-20-17)21(3)13-6-14-24(22,23)19-2/h4-5,7-12,18-19H,6,13-14H2,1-3H3. The summed E-state index contributed by atoms with van der Waals surface area (Å²) in [5, 5.41) is 0. The molecule has 0 spiro atoms. The fourth-order valence-electron chi connectivity index (χ4n) is 2.67. The van der Waals surface area contributed by atoms with Crippen LogP contribution in [-0.4, -0.2) is 44.7 Å². The molecule has 0 aliphatic heterocycles. The number of sulfonamides is 1. The minimum absolute atomic E-state index is 0.00379. The Morgan fingerprint density at radius 2 is 1.88 bits per heavy atom. The van der Waals surface area contributed by atoms with Crippen molar-refractivity contribution < 1.29 is 8.42 Å². The number of aromatic nitrogens is 1. The Hall–Kier alpha value is -1.76. The molecule has 0 fully saturated rings. The number of nitrogens with zero attached hydrogens (tertiary/aromatic N) is 2. The molecule has 0 saturated heterocycles. The summed E-state index contributed by atoms with van der Waals surface area (Å²) in [6.45, 7) is 2.72. The molecule has 1 N–H and O–H groups in total. The molecule has 130 valence electrons. The molecule has 5 nitrogen and oxygen atoms in total. The van der Waals surface area contributed by atoms with Crippen molar-refractivity contribution in [1.82, 2.24) is 14.6 Å². The first-order chi connectivity index (χ1) is 11.4. The normalized spacial score (nSPS) is 13.2. The van der Waals surface area contributed by atoms with Crippen LogP contribution >= 0.6 is 0 Å². The van der Waals surface area contributed by atoms with Gasteiger partial charge < -0.3 is 0 Å². The highest BCUT2D eigenvalue weighted by molar-refractivity contribution is 7.89. The van der Waals surface area contributed by atoms with Crippen molar-refractivity contribution in [2.24, 2.45) is 0 Å². The molecular weight excluding hydrogens is 322 g/mol. The van der Waals surface area contributed by atoms with Gasteiger partial charge in [-0.25, -0.2) is 13.1 Å². The van der Waals surface area contributed by atoms with Gasteiger partial charge in [-0.05, 0) is 51.7 Å². The molecule has 0 amide bonds. The van der Waals surface area contributed by atoms with E-state index < -0.39 is 10.0 Å². The zero-order chi connectivity index (χ0) is 17.6. The van der Waals surface area contributed by atoms with E-state index in [1.165, 1.54) is 12.6 Å². The molecule has 0 aliphatic rings. The smallest absolute Gasteiger partial charge is 0.211 e. The first kappa shape index (κ1) is 18.6. The monoisotopic (exact) mass is 347 g/mol. The molecule has 0 saturated carbocycles. The summed E-state index contributed by atoms with van der Waals surface area (Å²) in [6, 6.07) is 14.3. The van der Waals surface area contributed by atoms with E-state index in [0.717, 1.165) is 11.3 Å². The molecular formula is C18H25N3O2S.